The van der Waals surface area contributed by atoms with Crippen molar-refractivity contribution in [2.75, 3.05) is 7.11 Å². The molecule has 1 atom stereocenters. The van der Waals surface area contributed by atoms with Gasteiger partial charge in [-0.05, 0) is 23.8 Å². The van der Waals surface area contributed by atoms with Gasteiger partial charge in [0, 0.05) is 6.07 Å². The topological polar surface area (TPSA) is 119 Å². The van der Waals surface area contributed by atoms with Crippen molar-refractivity contribution in [2.45, 2.75) is 12.5 Å². The van der Waals surface area contributed by atoms with E-state index in [9.17, 15) is 19.7 Å². The maximum Gasteiger partial charge on any atom is 0.305 e. The number of carboxylic acids is 1. The monoisotopic (exact) mass is 344 g/mol. The van der Waals surface area contributed by atoms with Crippen molar-refractivity contribution < 1.29 is 24.4 Å². The fourth-order valence-corrected chi connectivity index (χ4v) is 2.32. The maximum atomic E-state index is 12.4. The van der Waals surface area contributed by atoms with E-state index in [1.807, 2.05) is 0 Å². The van der Waals surface area contributed by atoms with Crippen LogP contribution in [-0.4, -0.2) is 29.0 Å². The molecule has 0 aliphatic heterocycles. The molecule has 0 saturated carbocycles. The fraction of sp³-hybridized carbons (Fsp3) is 0.176. The van der Waals surface area contributed by atoms with Crippen molar-refractivity contribution >= 4 is 17.6 Å². The predicted octanol–water partition coefficient (Wildman–Crippen LogP) is 2.55. The summed E-state index contributed by atoms with van der Waals surface area (Å²) >= 11 is 0. The fourth-order valence-electron chi connectivity index (χ4n) is 2.32. The molecule has 8 nitrogen and oxygen atoms in total. The van der Waals surface area contributed by atoms with E-state index in [0.29, 0.717) is 11.3 Å². The van der Waals surface area contributed by atoms with Crippen LogP contribution in [0.25, 0.3) is 0 Å². The Morgan fingerprint density at radius 1 is 1.20 bits per heavy atom. The minimum absolute atomic E-state index is 0.128. The third kappa shape index (κ3) is 4.54. The van der Waals surface area contributed by atoms with Crippen molar-refractivity contribution in [3.8, 4) is 5.75 Å². The van der Waals surface area contributed by atoms with Crippen LogP contribution in [0.4, 0.5) is 5.69 Å². The quantitative estimate of drug-likeness (QED) is 0.588. The number of benzene rings is 2. The zero-order valence-electron chi connectivity index (χ0n) is 13.3. The van der Waals surface area contributed by atoms with Gasteiger partial charge in [0.25, 0.3) is 11.6 Å². The molecule has 0 fully saturated rings. The van der Waals surface area contributed by atoms with Crippen LogP contribution in [0, 0.1) is 10.1 Å². The number of carbonyl (C=O) groups is 2. The molecule has 8 heteroatoms. The number of hydrogen-bond donors (Lipinski definition) is 2. The van der Waals surface area contributed by atoms with Crippen molar-refractivity contribution in [1.29, 1.82) is 0 Å². The molecule has 0 saturated heterocycles. The first kappa shape index (κ1) is 17.9. The average Bonchev–Trinajstić information content (AvgIpc) is 2.60. The summed E-state index contributed by atoms with van der Waals surface area (Å²) in [6.07, 6.45) is -0.362. The summed E-state index contributed by atoms with van der Waals surface area (Å²) in [7, 11) is 1.50. The highest BCUT2D eigenvalue weighted by atomic mass is 16.6. The van der Waals surface area contributed by atoms with E-state index in [4.69, 9.17) is 9.84 Å². The Balaban J connectivity index is 2.29. The van der Waals surface area contributed by atoms with Gasteiger partial charge in [0.2, 0.25) is 0 Å². The number of para-hydroxylation sites is 1. The van der Waals surface area contributed by atoms with Gasteiger partial charge in [0.15, 0.2) is 0 Å². The highest BCUT2D eigenvalue weighted by molar-refractivity contribution is 5.98. The largest absolute Gasteiger partial charge is 0.497 e. The molecular formula is C17H16N2O6. The summed E-state index contributed by atoms with van der Waals surface area (Å²) in [5, 5.41) is 22.7. The molecule has 0 bridgehead atoms. The van der Waals surface area contributed by atoms with E-state index in [-0.39, 0.29) is 17.7 Å². The molecule has 0 aromatic heterocycles. The highest BCUT2D eigenvalue weighted by Crippen LogP contribution is 2.23. The summed E-state index contributed by atoms with van der Waals surface area (Å²) in [6.45, 7) is 0. The van der Waals surface area contributed by atoms with Crippen LogP contribution >= 0.6 is 0 Å². The second-order valence-corrected chi connectivity index (χ2v) is 5.17. The van der Waals surface area contributed by atoms with Gasteiger partial charge in [-0.2, -0.15) is 0 Å². The lowest BCUT2D eigenvalue weighted by Crippen LogP contribution is -2.30. The first-order valence-corrected chi connectivity index (χ1v) is 7.32. The molecule has 0 heterocycles. The number of nitro benzene ring substituents is 1. The first-order valence-electron chi connectivity index (χ1n) is 7.32. The lowest BCUT2D eigenvalue weighted by Gasteiger charge is -2.18. The van der Waals surface area contributed by atoms with Gasteiger partial charge in [0.1, 0.15) is 11.3 Å². The van der Waals surface area contributed by atoms with Crippen LogP contribution in [-0.2, 0) is 4.79 Å². The number of rotatable bonds is 7. The molecule has 2 aromatic carbocycles. The average molecular weight is 344 g/mol. The molecule has 0 unspecified atom stereocenters. The number of carboxylic acid groups (broad SMARTS) is 1. The second-order valence-electron chi connectivity index (χ2n) is 5.17. The maximum absolute atomic E-state index is 12.4. The number of hydrogen-bond acceptors (Lipinski definition) is 5. The summed E-state index contributed by atoms with van der Waals surface area (Å²) in [5.41, 5.74) is 0.0790. The van der Waals surface area contributed by atoms with Crippen molar-refractivity contribution in [1.82, 2.24) is 5.32 Å². The highest BCUT2D eigenvalue weighted by Gasteiger charge is 2.24. The minimum atomic E-state index is -1.11. The van der Waals surface area contributed by atoms with Gasteiger partial charge < -0.3 is 15.2 Å². The van der Waals surface area contributed by atoms with Gasteiger partial charge in [-0.3, -0.25) is 19.7 Å². The van der Waals surface area contributed by atoms with Crippen LogP contribution in [0.2, 0.25) is 0 Å². The number of nitro groups is 1. The van der Waals surface area contributed by atoms with E-state index in [1.54, 1.807) is 24.3 Å². The Labute approximate surface area is 143 Å². The summed E-state index contributed by atoms with van der Waals surface area (Å²) < 4.78 is 5.04. The van der Waals surface area contributed by atoms with E-state index < -0.39 is 22.8 Å². The van der Waals surface area contributed by atoms with E-state index in [0.717, 1.165) is 0 Å². The summed E-state index contributed by atoms with van der Waals surface area (Å²) in [5.74, 6) is -1.24. The van der Waals surface area contributed by atoms with Gasteiger partial charge in [-0.25, -0.2) is 0 Å². The number of methoxy groups -OCH3 is 1. The van der Waals surface area contributed by atoms with E-state index in [1.165, 1.54) is 31.4 Å². The van der Waals surface area contributed by atoms with Gasteiger partial charge in [-0.1, -0.05) is 24.3 Å². The number of nitrogens with one attached hydrogen (secondary N) is 1. The predicted molar refractivity (Wildman–Crippen MR) is 88.6 cm³/mol. The lowest BCUT2D eigenvalue weighted by molar-refractivity contribution is -0.385. The lowest BCUT2D eigenvalue weighted by atomic mass is 10.0. The molecule has 2 rings (SSSR count). The number of ether oxygens (including phenoxy) is 1. The Kier molecular flexibility index (Phi) is 5.67. The van der Waals surface area contributed by atoms with E-state index in [2.05, 4.69) is 5.32 Å². The standard InChI is InChI=1S/C17H16N2O6/c1-25-12-8-6-11(7-9-12)14(10-16(20)21)18-17(22)13-4-2-3-5-15(13)19(23)24/h2-9,14H,10H2,1H3,(H,18,22)(H,20,21)/t14-/m0/s1. The molecule has 25 heavy (non-hydrogen) atoms. The van der Waals surface area contributed by atoms with Crippen LogP contribution in [0.5, 0.6) is 5.75 Å². The van der Waals surface area contributed by atoms with Crippen LogP contribution in [0.15, 0.2) is 48.5 Å². The SMILES string of the molecule is COc1ccc([C@H](CC(=O)O)NC(=O)c2ccccc2[N+](=O)[O-])cc1. The van der Waals surface area contributed by atoms with Gasteiger partial charge in [0.05, 0.1) is 24.5 Å². The van der Waals surface area contributed by atoms with Crippen LogP contribution in [0.1, 0.15) is 28.4 Å². The Hall–Kier alpha value is -3.42. The third-order valence-corrected chi connectivity index (χ3v) is 3.55. The van der Waals surface area contributed by atoms with E-state index >= 15 is 0 Å². The Morgan fingerprint density at radius 2 is 1.84 bits per heavy atom. The molecule has 0 aliphatic rings. The Bertz CT molecular complexity index is 788. The summed E-state index contributed by atoms with van der Waals surface area (Å²) in [6, 6.07) is 11.2. The molecule has 0 radical (unpaired) electrons. The molecule has 130 valence electrons. The summed E-state index contributed by atoms with van der Waals surface area (Å²) in [4.78, 5) is 33.9. The number of carbonyl (C=O) groups excluding carboxylic acids is 1. The van der Waals surface area contributed by atoms with Gasteiger partial charge in [-0.15, -0.1) is 0 Å². The molecule has 0 spiro atoms. The normalized spacial score (nSPS) is 11.4. The van der Waals surface area contributed by atoms with Crippen molar-refractivity contribution in [3.63, 3.8) is 0 Å². The van der Waals surface area contributed by atoms with Crippen LogP contribution < -0.4 is 10.1 Å². The minimum Gasteiger partial charge on any atom is -0.497 e. The second kappa shape index (κ2) is 7.91. The van der Waals surface area contributed by atoms with Crippen molar-refractivity contribution in [2.24, 2.45) is 0 Å². The molecular weight excluding hydrogens is 328 g/mol. The molecule has 2 aromatic rings. The Morgan fingerprint density at radius 3 is 2.40 bits per heavy atom. The third-order valence-electron chi connectivity index (χ3n) is 3.55. The number of amides is 1. The van der Waals surface area contributed by atoms with Crippen molar-refractivity contribution in [3.05, 3.63) is 69.8 Å². The molecule has 2 N–H and O–H groups in total. The zero-order valence-corrected chi connectivity index (χ0v) is 13.3. The number of nitrogens with zero attached hydrogens (tertiary/aromatic N) is 1. The number of aliphatic carboxylic acids is 1. The zero-order chi connectivity index (χ0) is 18.4. The van der Waals surface area contributed by atoms with Crippen LogP contribution in [0.3, 0.4) is 0 Å². The molecule has 0 aliphatic carbocycles. The molecule has 1 amide bonds. The van der Waals surface area contributed by atoms with Gasteiger partial charge >= 0.3 is 5.97 Å². The smallest absolute Gasteiger partial charge is 0.305 e. The first-order chi connectivity index (χ1) is 11.9.